The van der Waals surface area contributed by atoms with Crippen molar-refractivity contribution in [2.45, 2.75) is 50.1 Å². The molecule has 0 aromatic carbocycles. The van der Waals surface area contributed by atoms with Gasteiger partial charge >= 0.3 is 0 Å². The van der Waals surface area contributed by atoms with Crippen LogP contribution in [0.3, 0.4) is 0 Å². The highest BCUT2D eigenvalue weighted by atomic mass is 35.5. The van der Waals surface area contributed by atoms with Crippen LogP contribution in [0.1, 0.15) is 38.6 Å². The van der Waals surface area contributed by atoms with Crippen molar-refractivity contribution >= 4 is 17.5 Å². The monoisotopic (exact) mass is 255 g/mol. The van der Waals surface area contributed by atoms with Crippen LogP contribution in [0.5, 0.6) is 0 Å². The Hall–Kier alpha value is -1.03. The lowest BCUT2D eigenvalue weighted by atomic mass is 9.90. The molecule has 1 aromatic rings. The Morgan fingerprint density at radius 2 is 2.29 bits per heavy atom. The Morgan fingerprint density at radius 1 is 1.53 bits per heavy atom. The van der Waals surface area contributed by atoms with E-state index < -0.39 is 5.38 Å². The van der Waals surface area contributed by atoms with Crippen LogP contribution in [0.15, 0.2) is 18.5 Å². The van der Waals surface area contributed by atoms with Crippen LogP contribution >= 0.6 is 11.6 Å². The molecule has 1 aliphatic rings. The summed E-state index contributed by atoms with van der Waals surface area (Å²) in [6, 6.07) is 2.33. The van der Waals surface area contributed by atoms with Crippen LogP contribution < -0.4 is 5.32 Å². The third-order valence-electron chi connectivity index (χ3n) is 3.28. The summed E-state index contributed by atoms with van der Waals surface area (Å²) in [6.45, 7) is 1.70. The van der Waals surface area contributed by atoms with Gasteiger partial charge in [0.2, 0.25) is 5.91 Å². The van der Waals surface area contributed by atoms with Gasteiger partial charge in [-0.1, -0.05) is 12.8 Å². The number of carbonyl (C=O) groups excluding carboxylic acids is 1. The molecule has 4 nitrogen and oxygen atoms in total. The molecule has 17 heavy (non-hydrogen) atoms. The highest BCUT2D eigenvalue weighted by molar-refractivity contribution is 6.30. The molecule has 1 aromatic heterocycles. The Labute approximate surface area is 106 Å². The van der Waals surface area contributed by atoms with Crippen LogP contribution in [-0.2, 0) is 4.79 Å². The average Bonchev–Trinajstić information content (AvgIpc) is 2.83. The van der Waals surface area contributed by atoms with Gasteiger partial charge in [-0.15, -0.1) is 11.6 Å². The summed E-state index contributed by atoms with van der Waals surface area (Å²) in [5.41, 5.74) is 0. The topological polar surface area (TPSA) is 46.9 Å². The predicted molar refractivity (Wildman–Crippen MR) is 67.0 cm³/mol. The fourth-order valence-corrected chi connectivity index (χ4v) is 2.43. The number of nitrogens with one attached hydrogen (secondary N) is 1. The molecule has 94 valence electrons. The smallest absolute Gasteiger partial charge is 0.238 e. The minimum absolute atomic E-state index is 0.0873. The zero-order chi connectivity index (χ0) is 12.3. The van der Waals surface area contributed by atoms with Crippen molar-refractivity contribution in [3.63, 3.8) is 0 Å². The normalized spacial score (nSPS) is 26.5. The van der Waals surface area contributed by atoms with Gasteiger partial charge in [0.15, 0.2) is 0 Å². The molecule has 3 atom stereocenters. The van der Waals surface area contributed by atoms with E-state index in [1.807, 2.05) is 16.9 Å². The molecule has 1 heterocycles. The van der Waals surface area contributed by atoms with Crippen molar-refractivity contribution in [2.75, 3.05) is 0 Å². The van der Waals surface area contributed by atoms with Crippen LogP contribution in [0.2, 0.25) is 0 Å². The fraction of sp³-hybridized carbons (Fsp3) is 0.667. The molecule has 3 unspecified atom stereocenters. The highest BCUT2D eigenvalue weighted by Gasteiger charge is 2.28. The minimum Gasteiger partial charge on any atom is -0.350 e. The molecule has 5 heteroatoms. The second kappa shape index (κ2) is 5.54. The largest absolute Gasteiger partial charge is 0.350 e. The number of alkyl halides is 1. The summed E-state index contributed by atoms with van der Waals surface area (Å²) < 4.78 is 1.95. The first kappa shape index (κ1) is 12.4. The summed E-state index contributed by atoms with van der Waals surface area (Å²) in [6.07, 6.45) is 8.13. The number of halogens is 1. The van der Waals surface area contributed by atoms with Crippen LogP contribution in [0, 0.1) is 0 Å². The van der Waals surface area contributed by atoms with E-state index in [1.165, 1.54) is 6.42 Å². The van der Waals surface area contributed by atoms with Crippen LogP contribution in [0.25, 0.3) is 0 Å². The second-order valence-electron chi connectivity index (χ2n) is 4.57. The van der Waals surface area contributed by atoms with Crippen LogP contribution in [-0.4, -0.2) is 27.1 Å². The lowest BCUT2D eigenvalue weighted by Gasteiger charge is -2.32. The number of rotatable bonds is 3. The Bertz CT molecular complexity index is 364. The molecule has 2 rings (SSSR count). The molecular weight excluding hydrogens is 238 g/mol. The van der Waals surface area contributed by atoms with E-state index in [0.29, 0.717) is 0 Å². The summed E-state index contributed by atoms with van der Waals surface area (Å²) in [5.74, 6) is -0.0873. The predicted octanol–water partition coefficient (Wildman–Crippen LogP) is 2.11. The maximum absolute atomic E-state index is 11.7. The van der Waals surface area contributed by atoms with E-state index in [4.69, 9.17) is 11.6 Å². The zero-order valence-corrected chi connectivity index (χ0v) is 10.7. The number of hydrogen-bond donors (Lipinski definition) is 1. The lowest BCUT2D eigenvalue weighted by Crippen LogP contribution is -2.45. The van der Waals surface area contributed by atoms with Crippen molar-refractivity contribution in [1.29, 1.82) is 0 Å². The van der Waals surface area contributed by atoms with Gasteiger partial charge in [0.25, 0.3) is 0 Å². The summed E-state index contributed by atoms with van der Waals surface area (Å²) in [5, 5.41) is 6.82. The minimum atomic E-state index is -0.477. The lowest BCUT2D eigenvalue weighted by molar-refractivity contribution is -0.121. The average molecular weight is 256 g/mol. The van der Waals surface area contributed by atoms with Crippen LogP contribution in [0.4, 0.5) is 0 Å². The van der Waals surface area contributed by atoms with E-state index in [0.717, 1.165) is 19.3 Å². The first-order chi connectivity index (χ1) is 8.18. The van der Waals surface area contributed by atoms with Gasteiger partial charge < -0.3 is 5.32 Å². The first-order valence-corrected chi connectivity index (χ1v) is 6.55. The van der Waals surface area contributed by atoms with Gasteiger partial charge in [0.1, 0.15) is 5.38 Å². The number of carbonyl (C=O) groups is 1. The van der Waals surface area contributed by atoms with Crippen molar-refractivity contribution in [2.24, 2.45) is 0 Å². The molecule has 1 N–H and O–H groups in total. The van der Waals surface area contributed by atoms with Gasteiger partial charge in [-0.25, -0.2) is 0 Å². The third-order valence-corrected chi connectivity index (χ3v) is 3.48. The maximum Gasteiger partial charge on any atom is 0.238 e. The molecule has 0 saturated heterocycles. The Kier molecular flexibility index (Phi) is 4.05. The van der Waals surface area contributed by atoms with Crippen molar-refractivity contribution < 1.29 is 4.79 Å². The zero-order valence-electron chi connectivity index (χ0n) is 9.97. The third kappa shape index (κ3) is 3.00. The summed E-state index contributed by atoms with van der Waals surface area (Å²) in [4.78, 5) is 11.7. The first-order valence-electron chi connectivity index (χ1n) is 6.12. The quantitative estimate of drug-likeness (QED) is 0.841. The summed E-state index contributed by atoms with van der Waals surface area (Å²) >= 11 is 5.79. The molecule has 1 fully saturated rings. The molecule has 0 bridgehead atoms. The van der Waals surface area contributed by atoms with Gasteiger partial charge in [0.05, 0.1) is 12.1 Å². The highest BCUT2D eigenvalue weighted by Crippen LogP contribution is 2.28. The molecule has 1 aliphatic carbocycles. The van der Waals surface area contributed by atoms with Crippen molar-refractivity contribution in [1.82, 2.24) is 15.1 Å². The van der Waals surface area contributed by atoms with E-state index in [-0.39, 0.29) is 18.0 Å². The van der Waals surface area contributed by atoms with Gasteiger partial charge in [-0.3, -0.25) is 9.48 Å². The SMILES string of the molecule is CC(Cl)C(=O)NC1CCCCC1n1cccn1. The van der Waals surface area contributed by atoms with E-state index >= 15 is 0 Å². The molecular formula is C12H18ClN3O. The van der Waals surface area contributed by atoms with Gasteiger partial charge in [-0.2, -0.15) is 5.10 Å². The van der Waals surface area contributed by atoms with Crippen molar-refractivity contribution in [3.8, 4) is 0 Å². The molecule has 1 saturated carbocycles. The number of aromatic nitrogens is 2. The number of amides is 1. The number of nitrogens with zero attached hydrogens (tertiary/aromatic N) is 2. The van der Waals surface area contributed by atoms with E-state index in [1.54, 1.807) is 13.1 Å². The number of hydrogen-bond acceptors (Lipinski definition) is 2. The maximum atomic E-state index is 11.7. The fourth-order valence-electron chi connectivity index (χ4n) is 2.37. The Balaban J connectivity index is 2.05. The molecule has 1 amide bonds. The molecule has 0 spiro atoms. The molecule has 0 aliphatic heterocycles. The second-order valence-corrected chi connectivity index (χ2v) is 5.22. The standard InChI is InChI=1S/C12H18ClN3O/c1-9(13)12(17)15-10-5-2-3-6-11(10)16-8-4-7-14-16/h4,7-11H,2-3,5-6H2,1H3,(H,15,17). The van der Waals surface area contributed by atoms with Gasteiger partial charge in [-0.05, 0) is 25.8 Å². The van der Waals surface area contributed by atoms with Crippen molar-refractivity contribution in [3.05, 3.63) is 18.5 Å². The Morgan fingerprint density at radius 3 is 2.94 bits per heavy atom. The summed E-state index contributed by atoms with van der Waals surface area (Å²) in [7, 11) is 0. The van der Waals surface area contributed by atoms with E-state index in [9.17, 15) is 4.79 Å². The molecule has 0 radical (unpaired) electrons. The van der Waals surface area contributed by atoms with E-state index in [2.05, 4.69) is 10.4 Å². The van der Waals surface area contributed by atoms with Gasteiger partial charge in [0, 0.05) is 12.4 Å².